The van der Waals surface area contributed by atoms with Crippen molar-refractivity contribution >= 4 is 16.9 Å². The molecule has 2 rings (SSSR count). The number of fused-ring (bicyclic) bond motifs is 1. The van der Waals surface area contributed by atoms with Crippen LogP contribution in [0, 0.1) is 6.92 Å². The Morgan fingerprint density at radius 2 is 2.15 bits per heavy atom. The Hall–Kier alpha value is -1.81. The predicted octanol–water partition coefficient (Wildman–Crippen LogP) is 2.90. The first kappa shape index (κ1) is 14.6. The molecule has 0 atom stereocenters. The minimum atomic E-state index is -0.284. The summed E-state index contributed by atoms with van der Waals surface area (Å²) >= 11 is 0. The molecule has 20 heavy (non-hydrogen) atoms. The van der Waals surface area contributed by atoms with Crippen molar-refractivity contribution in [2.24, 2.45) is 0 Å². The van der Waals surface area contributed by atoms with E-state index in [9.17, 15) is 4.79 Å². The molecule has 2 aromatic rings. The SMILES string of the molecule is CCN(C)CCc1c[nH]c2c(C)ccc(OC(C)=O)c12. The number of aryl methyl sites for hydroxylation is 1. The van der Waals surface area contributed by atoms with Gasteiger partial charge in [-0.2, -0.15) is 0 Å². The molecule has 0 aliphatic rings. The van der Waals surface area contributed by atoms with Gasteiger partial charge in [-0.25, -0.2) is 0 Å². The maximum atomic E-state index is 11.2. The second kappa shape index (κ2) is 6.09. The molecule has 0 radical (unpaired) electrons. The summed E-state index contributed by atoms with van der Waals surface area (Å²) in [5.41, 5.74) is 3.41. The van der Waals surface area contributed by atoms with Crippen molar-refractivity contribution in [1.29, 1.82) is 0 Å². The quantitative estimate of drug-likeness (QED) is 0.673. The molecule has 0 amide bonds. The van der Waals surface area contributed by atoms with E-state index in [0.717, 1.165) is 36.0 Å². The molecule has 0 saturated carbocycles. The number of ether oxygens (including phenoxy) is 1. The van der Waals surface area contributed by atoms with Crippen LogP contribution in [0.2, 0.25) is 0 Å². The lowest BCUT2D eigenvalue weighted by Gasteiger charge is -2.13. The molecule has 0 bridgehead atoms. The summed E-state index contributed by atoms with van der Waals surface area (Å²) < 4.78 is 5.34. The van der Waals surface area contributed by atoms with Gasteiger partial charge in [0.1, 0.15) is 5.75 Å². The van der Waals surface area contributed by atoms with Crippen LogP contribution in [0.1, 0.15) is 25.0 Å². The first-order valence-corrected chi connectivity index (χ1v) is 6.99. The Morgan fingerprint density at radius 1 is 1.40 bits per heavy atom. The van der Waals surface area contributed by atoms with Crippen molar-refractivity contribution in [3.05, 3.63) is 29.5 Å². The Morgan fingerprint density at radius 3 is 2.80 bits per heavy atom. The van der Waals surface area contributed by atoms with Gasteiger partial charge in [-0.15, -0.1) is 0 Å². The monoisotopic (exact) mass is 274 g/mol. The maximum absolute atomic E-state index is 11.2. The number of H-pyrrole nitrogens is 1. The number of nitrogens with zero attached hydrogens (tertiary/aromatic N) is 1. The number of hydrogen-bond donors (Lipinski definition) is 1. The van der Waals surface area contributed by atoms with Crippen LogP contribution in [-0.2, 0) is 11.2 Å². The zero-order valence-corrected chi connectivity index (χ0v) is 12.6. The van der Waals surface area contributed by atoms with E-state index >= 15 is 0 Å². The molecule has 0 aliphatic heterocycles. The summed E-state index contributed by atoms with van der Waals surface area (Å²) in [4.78, 5) is 16.8. The lowest BCUT2D eigenvalue weighted by Crippen LogP contribution is -2.20. The van der Waals surface area contributed by atoms with Crippen LogP contribution in [0.25, 0.3) is 10.9 Å². The van der Waals surface area contributed by atoms with Gasteiger partial charge < -0.3 is 14.6 Å². The third-order valence-electron chi connectivity index (χ3n) is 3.64. The summed E-state index contributed by atoms with van der Waals surface area (Å²) in [6.45, 7) is 7.64. The predicted molar refractivity (Wildman–Crippen MR) is 81.2 cm³/mol. The number of aromatic amines is 1. The van der Waals surface area contributed by atoms with Crippen molar-refractivity contribution in [1.82, 2.24) is 9.88 Å². The van der Waals surface area contributed by atoms with Crippen LogP contribution < -0.4 is 4.74 Å². The van der Waals surface area contributed by atoms with E-state index in [2.05, 4.69) is 30.8 Å². The lowest BCUT2D eigenvalue weighted by atomic mass is 10.1. The largest absolute Gasteiger partial charge is 0.426 e. The molecule has 4 nitrogen and oxygen atoms in total. The summed E-state index contributed by atoms with van der Waals surface area (Å²) in [5.74, 6) is 0.362. The molecule has 1 aromatic carbocycles. The zero-order chi connectivity index (χ0) is 14.7. The number of nitrogens with one attached hydrogen (secondary N) is 1. The minimum Gasteiger partial charge on any atom is -0.426 e. The van der Waals surface area contributed by atoms with E-state index in [1.165, 1.54) is 12.5 Å². The second-order valence-corrected chi connectivity index (χ2v) is 5.18. The Labute approximate surface area is 119 Å². The number of likely N-dealkylation sites (N-methyl/N-ethyl adjacent to an activating group) is 1. The number of rotatable bonds is 5. The molecule has 1 aromatic heterocycles. The number of esters is 1. The summed E-state index contributed by atoms with van der Waals surface area (Å²) in [6, 6.07) is 3.85. The van der Waals surface area contributed by atoms with Crippen molar-refractivity contribution in [2.45, 2.75) is 27.2 Å². The van der Waals surface area contributed by atoms with Gasteiger partial charge >= 0.3 is 5.97 Å². The average molecular weight is 274 g/mol. The molecule has 0 fully saturated rings. The number of carbonyl (C=O) groups is 1. The number of aromatic nitrogens is 1. The van der Waals surface area contributed by atoms with Crippen molar-refractivity contribution < 1.29 is 9.53 Å². The highest BCUT2D eigenvalue weighted by atomic mass is 16.5. The molecule has 4 heteroatoms. The highest BCUT2D eigenvalue weighted by Crippen LogP contribution is 2.31. The van der Waals surface area contributed by atoms with Gasteiger partial charge in [0, 0.05) is 25.1 Å². The topological polar surface area (TPSA) is 45.3 Å². The van der Waals surface area contributed by atoms with Crippen LogP contribution in [0.5, 0.6) is 5.75 Å². The number of carbonyl (C=O) groups excluding carboxylic acids is 1. The number of benzene rings is 1. The van der Waals surface area contributed by atoms with Gasteiger partial charge in [-0.3, -0.25) is 4.79 Å². The van der Waals surface area contributed by atoms with Gasteiger partial charge in [-0.05, 0) is 44.1 Å². The van der Waals surface area contributed by atoms with Crippen LogP contribution in [0.15, 0.2) is 18.3 Å². The smallest absolute Gasteiger partial charge is 0.308 e. The highest BCUT2D eigenvalue weighted by molar-refractivity contribution is 5.93. The molecule has 1 heterocycles. The standard InChI is InChI=1S/C16H22N2O2/c1-5-18(4)9-8-13-10-17-16-11(2)6-7-14(15(13)16)20-12(3)19/h6-7,10,17H,5,8-9H2,1-4H3. The molecule has 108 valence electrons. The Kier molecular flexibility index (Phi) is 4.45. The van der Waals surface area contributed by atoms with Gasteiger partial charge in [0.2, 0.25) is 0 Å². The van der Waals surface area contributed by atoms with E-state index in [1.807, 2.05) is 18.3 Å². The fourth-order valence-electron chi connectivity index (χ4n) is 2.33. The third-order valence-corrected chi connectivity index (χ3v) is 3.64. The van der Waals surface area contributed by atoms with Crippen LogP contribution in [0.3, 0.4) is 0 Å². The summed E-state index contributed by atoms with van der Waals surface area (Å²) in [6.07, 6.45) is 2.95. The first-order chi connectivity index (χ1) is 9.52. The van der Waals surface area contributed by atoms with Gasteiger partial charge in [0.15, 0.2) is 0 Å². The molecule has 0 aliphatic carbocycles. The summed E-state index contributed by atoms with van der Waals surface area (Å²) in [5, 5.41) is 1.03. The molecule has 0 unspecified atom stereocenters. The molecule has 0 saturated heterocycles. The van der Waals surface area contributed by atoms with Gasteiger partial charge in [-0.1, -0.05) is 13.0 Å². The van der Waals surface area contributed by atoms with Crippen molar-refractivity contribution in [2.75, 3.05) is 20.1 Å². The maximum Gasteiger partial charge on any atom is 0.308 e. The Balaban J connectivity index is 2.39. The highest BCUT2D eigenvalue weighted by Gasteiger charge is 2.13. The first-order valence-electron chi connectivity index (χ1n) is 6.99. The van der Waals surface area contributed by atoms with E-state index < -0.39 is 0 Å². The van der Waals surface area contributed by atoms with Crippen LogP contribution >= 0.6 is 0 Å². The van der Waals surface area contributed by atoms with E-state index in [-0.39, 0.29) is 5.97 Å². The zero-order valence-electron chi connectivity index (χ0n) is 12.6. The molecule has 0 spiro atoms. The summed E-state index contributed by atoms with van der Waals surface area (Å²) in [7, 11) is 2.10. The fraction of sp³-hybridized carbons (Fsp3) is 0.438. The lowest BCUT2D eigenvalue weighted by molar-refractivity contribution is -0.131. The van der Waals surface area contributed by atoms with Gasteiger partial charge in [0.25, 0.3) is 0 Å². The van der Waals surface area contributed by atoms with E-state index in [4.69, 9.17) is 4.74 Å². The Bertz CT molecular complexity index is 616. The van der Waals surface area contributed by atoms with E-state index in [1.54, 1.807) is 0 Å². The van der Waals surface area contributed by atoms with Crippen LogP contribution in [0.4, 0.5) is 0 Å². The molecule has 1 N–H and O–H groups in total. The van der Waals surface area contributed by atoms with Crippen molar-refractivity contribution in [3.8, 4) is 5.75 Å². The normalized spacial score (nSPS) is 11.2. The molecular weight excluding hydrogens is 252 g/mol. The van der Waals surface area contributed by atoms with Crippen molar-refractivity contribution in [3.63, 3.8) is 0 Å². The van der Waals surface area contributed by atoms with Gasteiger partial charge in [0.05, 0.1) is 5.52 Å². The van der Waals surface area contributed by atoms with E-state index in [0.29, 0.717) is 5.75 Å². The molecular formula is C16H22N2O2. The minimum absolute atomic E-state index is 0.284. The second-order valence-electron chi connectivity index (χ2n) is 5.18. The average Bonchev–Trinajstić information content (AvgIpc) is 2.84. The third kappa shape index (κ3) is 3.02. The number of hydrogen-bond acceptors (Lipinski definition) is 3. The fourth-order valence-corrected chi connectivity index (χ4v) is 2.33. The van der Waals surface area contributed by atoms with Crippen LogP contribution in [-0.4, -0.2) is 36.0 Å².